The lowest BCUT2D eigenvalue weighted by Gasteiger charge is -2.20. The summed E-state index contributed by atoms with van der Waals surface area (Å²) in [5.74, 6) is 1.06. The molecule has 23 heavy (non-hydrogen) atoms. The Morgan fingerprint density at radius 1 is 1.22 bits per heavy atom. The van der Waals surface area contributed by atoms with Crippen molar-refractivity contribution in [2.75, 3.05) is 18.5 Å². The number of hydrogen-bond donors (Lipinski definition) is 1. The first kappa shape index (κ1) is 15.7. The van der Waals surface area contributed by atoms with Gasteiger partial charge in [-0.25, -0.2) is 0 Å². The number of aryl methyl sites for hydroxylation is 1. The van der Waals surface area contributed by atoms with E-state index in [1.165, 1.54) is 0 Å². The van der Waals surface area contributed by atoms with Crippen molar-refractivity contribution >= 4 is 23.2 Å². The summed E-state index contributed by atoms with van der Waals surface area (Å²) in [6.07, 6.45) is 0.226. The first-order valence-corrected chi connectivity index (χ1v) is 7.86. The van der Waals surface area contributed by atoms with E-state index in [2.05, 4.69) is 5.32 Å². The molecule has 0 bridgehead atoms. The maximum absolute atomic E-state index is 12.3. The van der Waals surface area contributed by atoms with Gasteiger partial charge in [0.15, 0.2) is 11.5 Å². The van der Waals surface area contributed by atoms with Crippen LogP contribution in [0.1, 0.15) is 16.7 Å². The fourth-order valence-corrected chi connectivity index (χ4v) is 2.82. The quantitative estimate of drug-likeness (QED) is 0.927. The molecule has 1 N–H and O–H groups in total. The summed E-state index contributed by atoms with van der Waals surface area (Å²) in [5, 5.41) is 3.41. The Hall–Kier alpha value is -2.20. The topological polar surface area (TPSA) is 47.6 Å². The van der Waals surface area contributed by atoms with Gasteiger partial charge in [-0.05, 0) is 48.7 Å². The van der Waals surface area contributed by atoms with Crippen LogP contribution in [0.5, 0.6) is 11.5 Å². The van der Waals surface area contributed by atoms with Crippen molar-refractivity contribution < 1.29 is 14.3 Å². The van der Waals surface area contributed by atoms with E-state index in [0.717, 1.165) is 22.4 Å². The highest BCUT2D eigenvalue weighted by Gasteiger charge is 2.18. The predicted octanol–water partition coefficient (Wildman–Crippen LogP) is 3.91. The maximum atomic E-state index is 12.3. The van der Waals surface area contributed by atoms with Gasteiger partial charge in [0.2, 0.25) is 5.91 Å². The summed E-state index contributed by atoms with van der Waals surface area (Å²) in [5.41, 5.74) is 3.84. The molecule has 120 valence electrons. The van der Waals surface area contributed by atoms with E-state index >= 15 is 0 Å². The molecule has 0 aliphatic carbocycles. The molecule has 3 rings (SSSR count). The number of hydrogen-bond acceptors (Lipinski definition) is 3. The molecule has 0 aromatic heterocycles. The monoisotopic (exact) mass is 331 g/mol. The van der Waals surface area contributed by atoms with Crippen LogP contribution in [-0.4, -0.2) is 19.1 Å². The van der Waals surface area contributed by atoms with Crippen LogP contribution in [-0.2, 0) is 11.2 Å². The molecule has 0 radical (unpaired) electrons. The third kappa shape index (κ3) is 3.42. The minimum absolute atomic E-state index is 0.0913. The van der Waals surface area contributed by atoms with Crippen LogP contribution < -0.4 is 14.8 Å². The number of amides is 1. The van der Waals surface area contributed by atoms with Crippen LogP contribution in [0.25, 0.3) is 0 Å². The molecule has 1 heterocycles. The number of carbonyl (C=O) groups excluding carboxylic acids is 1. The maximum Gasteiger partial charge on any atom is 0.228 e. The molecule has 0 saturated carbocycles. The Morgan fingerprint density at radius 2 is 2.00 bits per heavy atom. The minimum atomic E-state index is -0.0913. The Balaban J connectivity index is 1.75. The van der Waals surface area contributed by atoms with Crippen LogP contribution in [0, 0.1) is 13.8 Å². The van der Waals surface area contributed by atoms with Gasteiger partial charge in [0.25, 0.3) is 0 Å². The van der Waals surface area contributed by atoms with Crippen molar-refractivity contribution in [3.63, 3.8) is 0 Å². The first-order valence-electron chi connectivity index (χ1n) is 7.48. The molecule has 0 atom stereocenters. The highest BCUT2D eigenvalue weighted by Crippen LogP contribution is 2.38. The average molecular weight is 332 g/mol. The number of benzene rings is 2. The minimum Gasteiger partial charge on any atom is -0.486 e. The van der Waals surface area contributed by atoms with Gasteiger partial charge >= 0.3 is 0 Å². The lowest BCUT2D eigenvalue weighted by Crippen LogP contribution is -2.18. The van der Waals surface area contributed by atoms with Crippen LogP contribution in [0.15, 0.2) is 30.3 Å². The number of ether oxygens (including phenoxy) is 2. The van der Waals surface area contributed by atoms with Gasteiger partial charge in [-0.3, -0.25) is 4.79 Å². The predicted molar refractivity (Wildman–Crippen MR) is 90.7 cm³/mol. The number of carbonyl (C=O) groups is 1. The number of nitrogens with one attached hydrogen (secondary N) is 1. The van der Waals surface area contributed by atoms with Gasteiger partial charge in [-0.15, -0.1) is 0 Å². The van der Waals surface area contributed by atoms with Gasteiger partial charge in [0.05, 0.1) is 11.4 Å². The van der Waals surface area contributed by atoms with Crippen molar-refractivity contribution in [3.05, 3.63) is 52.0 Å². The van der Waals surface area contributed by atoms with Crippen molar-refractivity contribution in [1.29, 1.82) is 0 Å². The van der Waals surface area contributed by atoms with Gasteiger partial charge in [0, 0.05) is 5.69 Å². The number of rotatable bonds is 3. The molecule has 4 nitrogen and oxygen atoms in total. The van der Waals surface area contributed by atoms with Crippen molar-refractivity contribution in [3.8, 4) is 11.5 Å². The number of halogens is 1. The lowest BCUT2D eigenvalue weighted by atomic mass is 10.1. The molecule has 1 aliphatic heterocycles. The number of fused-ring (bicyclic) bond motifs is 1. The SMILES string of the molecule is Cc1cccc(NC(=O)Cc2cc(Cl)c3c(c2)OCCO3)c1C. The van der Waals surface area contributed by atoms with Crippen LogP contribution in [0.2, 0.25) is 5.02 Å². The average Bonchev–Trinajstić information content (AvgIpc) is 2.52. The number of anilines is 1. The molecule has 2 aromatic rings. The largest absolute Gasteiger partial charge is 0.486 e. The zero-order valence-corrected chi connectivity index (χ0v) is 13.9. The summed E-state index contributed by atoms with van der Waals surface area (Å²) in [7, 11) is 0. The summed E-state index contributed by atoms with van der Waals surface area (Å²) >= 11 is 6.20. The van der Waals surface area contributed by atoms with E-state index < -0.39 is 0 Å². The highest BCUT2D eigenvalue weighted by atomic mass is 35.5. The molecule has 1 aliphatic rings. The Kier molecular flexibility index (Phi) is 4.44. The smallest absolute Gasteiger partial charge is 0.228 e. The molecule has 0 unspecified atom stereocenters. The standard InChI is InChI=1S/C18H18ClNO3/c1-11-4-3-5-15(12(11)2)20-17(21)10-13-8-14(19)18-16(9-13)22-6-7-23-18/h3-5,8-9H,6-7,10H2,1-2H3,(H,20,21). The molecule has 0 saturated heterocycles. The second-order valence-corrected chi connectivity index (χ2v) is 5.98. The van der Waals surface area contributed by atoms with E-state index in [4.69, 9.17) is 21.1 Å². The Morgan fingerprint density at radius 3 is 2.83 bits per heavy atom. The summed E-state index contributed by atoms with van der Waals surface area (Å²) in [6.45, 7) is 4.98. The van der Waals surface area contributed by atoms with Crippen molar-refractivity contribution in [2.24, 2.45) is 0 Å². The van der Waals surface area contributed by atoms with E-state index in [9.17, 15) is 4.79 Å². The van der Waals surface area contributed by atoms with Crippen LogP contribution in [0.4, 0.5) is 5.69 Å². The molecule has 5 heteroatoms. The van der Waals surface area contributed by atoms with E-state index in [1.807, 2.05) is 38.1 Å². The van der Waals surface area contributed by atoms with Gasteiger partial charge in [-0.2, -0.15) is 0 Å². The van der Waals surface area contributed by atoms with Crippen molar-refractivity contribution in [2.45, 2.75) is 20.3 Å². The van der Waals surface area contributed by atoms with Crippen LogP contribution >= 0.6 is 11.6 Å². The Bertz CT molecular complexity index is 758. The van der Waals surface area contributed by atoms with E-state index in [1.54, 1.807) is 6.07 Å². The highest BCUT2D eigenvalue weighted by molar-refractivity contribution is 6.32. The first-order chi connectivity index (χ1) is 11.0. The molecule has 0 fully saturated rings. The fraction of sp³-hybridized carbons (Fsp3) is 0.278. The van der Waals surface area contributed by atoms with Crippen LogP contribution in [0.3, 0.4) is 0 Å². The molecule has 1 amide bonds. The summed E-state index contributed by atoms with van der Waals surface area (Å²) in [4.78, 5) is 12.3. The van der Waals surface area contributed by atoms with Gasteiger partial charge < -0.3 is 14.8 Å². The second-order valence-electron chi connectivity index (χ2n) is 5.57. The van der Waals surface area contributed by atoms with E-state index in [0.29, 0.717) is 29.7 Å². The van der Waals surface area contributed by atoms with Gasteiger partial charge in [-0.1, -0.05) is 23.7 Å². The Labute approximate surface area is 140 Å². The second kappa shape index (κ2) is 6.50. The lowest BCUT2D eigenvalue weighted by molar-refractivity contribution is -0.115. The summed E-state index contributed by atoms with van der Waals surface area (Å²) in [6, 6.07) is 9.41. The van der Waals surface area contributed by atoms with E-state index in [-0.39, 0.29) is 12.3 Å². The molecular formula is C18H18ClNO3. The molecule has 0 spiro atoms. The van der Waals surface area contributed by atoms with Crippen molar-refractivity contribution in [1.82, 2.24) is 0 Å². The zero-order chi connectivity index (χ0) is 16.4. The fourth-order valence-electron chi connectivity index (χ4n) is 2.53. The third-order valence-electron chi connectivity index (χ3n) is 3.90. The zero-order valence-electron chi connectivity index (χ0n) is 13.1. The summed E-state index contributed by atoms with van der Waals surface area (Å²) < 4.78 is 11.0. The molecular weight excluding hydrogens is 314 g/mol. The normalized spacial score (nSPS) is 12.8. The third-order valence-corrected chi connectivity index (χ3v) is 4.18. The molecule has 2 aromatic carbocycles. The van der Waals surface area contributed by atoms with Gasteiger partial charge in [0.1, 0.15) is 13.2 Å².